The maximum atomic E-state index is 10.3. The molecule has 0 rings (SSSR count). The summed E-state index contributed by atoms with van der Waals surface area (Å²) >= 11 is 0. The molecule has 0 spiro atoms. The summed E-state index contributed by atoms with van der Waals surface area (Å²) in [5.74, 6) is -1.43. The topological polar surface area (TPSA) is 77.8 Å². The normalized spacial score (nSPS) is 18.1. The fourth-order valence-electron chi connectivity index (χ4n) is 0.262. The van der Waals surface area contributed by atoms with Gasteiger partial charge in [-0.2, -0.15) is 0 Å². The van der Waals surface area contributed by atoms with Gasteiger partial charge in [0.2, 0.25) is 0 Å². The van der Waals surface area contributed by atoms with E-state index in [9.17, 15) is 4.79 Å². The van der Waals surface area contributed by atoms with E-state index in [1.54, 1.807) is 0 Å². The van der Waals surface area contributed by atoms with Crippen LogP contribution in [0.4, 0.5) is 0 Å². The monoisotopic (exact) mass is 148 g/mol. The number of aliphatic carboxylic acids is 1. The molecule has 0 bridgehead atoms. The van der Waals surface area contributed by atoms with Crippen molar-refractivity contribution in [2.24, 2.45) is 0 Å². The van der Waals surface area contributed by atoms with Crippen molar-refractivity contribution < 1.29 is 20.1 Å². The summed E-state index contributed by atoms with van der Waals surface area (Å²) in [7, 11) is 0. The Morgan fingerprint density at radius 3 is 1.50 bits per heavy atom. The smallest absolute Gasteiger partial charge is 0.338 e. The summed E-state index contributed by atoms with van der Waals surface area (Å²) in [6.45, 7) is 3.53. The summed E-state index contributed by atoms with van der Waals surface area (Å²) in [6.07, 6.45) is 0. The Balaban J connectivity index is 4.57. The molecule has 0 fully saturated rings. The summed E-state index contributed by atoms with van der Waals surface area (Å²) < 4.78 is 0. The third kappa shape index (κ3) is 1.46. The van der Waals surface area contributed by atoms with Gasteiger partial charge in [-0.3, -0.25) is 0 Å². The predicted octanol–water partition coefficient (Wildman–Crippen LogP) is -0.407. The molecule has 10 heavy (non-hydrogen) atoms. The Labute approximate surface area is 59.1 Å². The van der Waals surface area contributed by atoms with Gasteiger partial charge < -0.3 is 15.3 Å². The summed E-state index contributed by atoms with van der Waals surface area (Å²) in [6, 6.07) is 0. The largest absolute Gasteiger partial charge is 0.479 e. The van der Waals surface area contributed by atoms with E-state index in [0.717, 1.165) is 6.92 Å². The second-order valence-corrected chi connectivity index (χ2v) is 2.94. The molecule has 1 unspecified atom stereocenters. The molecule has 0 amide bonds. The average Bonchev–Trinajstić information content (AvgIpc) is 1.62. The lowest BCUT2D eigenvalue weighted by Gasteiger charge is -2.30. The van der Waals surface area contributed by atoms with Crippen LogP contribution >= 0.6 is 0 Å². The van der Waals surface area contributed by atoms with Gasteiger partial charge in [-0.05, 0) is 20.8 Å². The third-order valence-corrected chi connectivity index (χ3v) is 1.61. The van der Waals surface area contributed by atoms with Gasteiger partial charge in [-0.15, -0.1) is 0 Å². The zero-order valence-corrected chi connectivity index (χ0v) is 6.25. The minimum absolute atomic E-state index is 1.05. The molecule has 0 aromatic carbocycles. The van der Waals surface area contributed by atoms with E-state index < -0.39 is 17.2 Å². The van der Waals surface area contributed by atoms with Crippen molar-refractivity contribution >= 4 is 5.97 Å². The van der Waals surface area contributed by atoms with Crippen molar-refractivity contribution in [3.63, 3.8) is 0 Å². The number of hydrogen-bond acceptors (Lipinski definition) is 3. The standard InChI is InChI=1S/C6H12O4/c1-5(2,9)6(3,10)4(7)8/h9-10H,1-3H3,(H,7,8). The highest BCUT2D eigenvalue weighted by Crippen LogP contribution is 2.20. The lowest BCUT2D eigenvalue weighted by atomic mass is 9.88. The molecule has 0 heterocycles. The van der Waals surface area contributed by atoms with E-state index in [4.69, 9.17) is 15.3 Å². The molecule has 0 aromatic rings. The van der Waals surface area contributed by atoms with Crippen molar-refractivity contribution in [1.29, 1.82) is 0 Å². The molecule has 0 radical (unpaired) electrons. The molecular formula is C6H12O4. The minimum Gasteiger partial charge on any atom is -0.479 e. The van der Waals surface area contributed by atoms with Crippen LogP contribution in [0.15, 0.2) is 0 Å². The van der Waals surface area contributed by atoms with Crippen LogP contribution in [-0.2, 0) is 4.79 Å². The first-order valence-corrected chi connectivity index (χ1v) is 2.87. The molecule has 4 nitrogen and oxygen atoms in total. The van der Waals surface area contributed by atoms with Gasteiger partial charge in [0.15, 0.2) is 5.60 Å². The minimum atomic E-state index is -2.09. The molecule has 0 aromatic heterocycles. The Bertz CT molecular complexity index is 142. The SMILES string of the molecule is CC(C)(O)C(C)(O)C(=O)O. The van der Waals surface area contributed by atoms with Crippen molar-refractivity contribution in [3.05, 3.63) is 0 Å². The van der Waals surface area contributed by atoms with Gasteiger partial charge in [0.1, 0.15) is 0 Å². The number of carboxylic acids is 1. The van der Waals surface area contributed by atoms with Crippen molar-refractivity contribution in [1.82, 2.24) is 0 Å². The van der Waals surface area contributed by atoms with Crippen LogP contribution in [0.2, 0.25) is 0 Å². The fraction of sp³-hybridized carbons (Fsp3) is 0.833. The molecule has 4 heteroatoms. The molecule has 0 saturated heterocycles. The van der Waals surface area contributed by atoms with Gasteiger partial charge in [-0.1, -0.05) is 0 Å². The van der Waals surface area contributed by atoms with E-state index in [-0.39, 0.29) is 0 Å². The Morgan fingerprint density at radius 2 is 1.50 bits per heavy atom. The molecule has 0 aliphatic heterocycles. The second-order valence-electron chi connectivity index (χ2n) is 2.94. The second kappa shape index (κ2) is 2.21. The molecule has 60 valence electrons. The van der Waals surface area contributed by atoms with Crippen LogP contribution in [-0.4, -0.2) is 32.5 Å². The van der Waals surface area contributed by atoms with E-state index in [1.807, 2.05) is 0 Å². The Hall–Kier alpha value is -0.610. The summed E-state index contributed by atoms with van der Waals surface area (Å²) in [5, 5.41) is 26.5. The van der Waals surface area contributed by atoms with Gasteiger partial charge in [0.05, 0.1) is 5.60 Å². The van der Waals surface area contributed by atoms with Crippen LogP contribution in [0.25, 0.3) is 0 Å². The highest BCUT2D eigenvalue weighted by molar-refractivity contribution is 5.78. The van der Waals surface area contributed by atoms with Crippen molar-refractivity contribution in [2.75, 3.05) is 0 Å². The maximum Gasteiger partial charge on any atom is 0.338 e. The number of carboxylic acid groups (broad SMARTS) is 1. The highest BCUT2D eigenvalue weighted by Gasteiger charge is 2.44. The van der Waals surface area contributed by atoms with Crippen LogP contribution in [0.5, 0.6) is 0 Å². The molecule has 0 saturated carbocycles. The zero-order valence-electron chi connectivity index (χ0n) is 6.25. The third-order valence-electron chi connectivity index (χ3n) is 1.61. The first kappa shape index (κ1) is 9.39. The molecule has 0 aliphatic rings. The van der Waals surface area contributed by atoms with E-state index >= 15 is 0 Å². The molecule has 1 atom stereocenters. The molecular weight excluding hydrogens is 136 g/mol. The molecule has 3 N–H and O–H groups in total. The van der Waals surface area contributed by atoms with E-state index in [1.165, 1.54) is 13.8 Å². The first-order valence-electron chi connectivity index (χ1n) is 2.87. The van der Waals surface area contributed by atoms with Crippen molar-refractivity contribution in [2.45, 2.75) is 32.0 Å². The van der Waals surface area contributed by atoms with Crippen molar-refractivity contribution in [3.8, 4) is 0 Å². The number of carbonyl (C=O) groups is 1. The summed E-state index contributed by atoms with van der Waals surface area (Å²) in [4.78, 5) is 10.3. The van der Waals surface area contributed by atoms with Gasteiger partial charge in [0.25, 0.3) is 0 Å². The maximum absolute atomic E-state index is 10.3. The Morgan fingerprint density at radius 1 is 1.20 bits per heavy atom. The fourth-order valence-corrected chi connectivity index (χ4v) is 0.262. The van der Waals surface area contributed by atoms with Crippen LogP contribution < -0.4 is 0 Å². The van der Waals surface area contributed by atoms with E-state index in [0.29, 0.717) is 0 Å². The average molecular weight is 148 g/mol. The zero-order chi connectivity index (χ0) is 8.58. The number of hydrogen-bond donors (Lipinski definition) is 3. The number of rotatable bonds is 2. The lowest BCUT2D eigenvalue weighted by Crippen LogP contribution is -2.53. The predicted molar refractivity (Wildman–Crippen MR) is 34.6 cm³/mol. The summed E-state index contributed by atoms with van der Waals surface area (Å²) in [5.41, 5.74) is -3.72. The lowest BCUT2D eigenvalue weighted by molar-refractivity contribution is -0.181. The number of aliphatic hydroxyl groups is 2. The van der Waals surface area contributed by atoms with Crippen LogP contribution in [0.1, 0.15) is 20.8 Å². The Kier molecular flexibility index (Phi) is 2.08. The first-order chi connectivity index (χ1) is 4.19. The van der Waals surface area contributed by atoms with Gasteiger partial charge in [-0.25, -0.2) is 4.79 Å². The van der Waals surface area contributed by atoms with Gasteiger partial charge >= 0.3 is 5.97 Å². The molecule has 0 aliphatic carbocycles. The van der Waals surface area contributed by atoms with E-state index in [2.05, 4.69) is 0 Å². The quantitative estimate of drug-likeness (QED) is 0.497. The highest BCUT2D eigenvalue weighted by atomic mass is 16.4. The van der Waals surface area contributed by atoms with Crippen LogP contribution in [0.3, 0.4) is 0 Å². The van der Waals surface area contributed by atoms with Crippen LogP contribution in [0, 0.1) is 0 Å². The van der Waals surface area contributed by atoms with Gasteiger partial charge in [0, 0.05) is 0 Å².